The summed E-state index contributed by atoms with van der Waals surface area (Å²) in [5, 5.41) is 0. The highest BCUT2D eigenvalue weighted by Gasteiger charge is 2.33. The van der Waals surface area contributed by atoms with Crippen LogP contribution in [0.5, 0.6) is 0 Å². The molecule has 0 aromatic rings. The maximum absolute atomic E-state index is 12.4. The van der Waals surface area contributed by atoms with E-state index in [-0.39, 0.29) is 5.91 Å². The predicted molar refractivity (Wildman–Crippen MR) is 77.9 cm³/mol. The van der Waals surface area contributed by atoms with E-state index in [1.165, 1.54) is 0 Å². The number of amides is 1. The molecule has 4 heteroatoms. The Morgan fingerprint density at radius 2 is 1.95 bits per heavy atom. The number of carbonyl (C=O) groups excluding carboxylic acids is 1. The molecule has 0 aromatic heterocycles. The van der Waals surface area contributed by atoms with Gasteiger partial charge in [0, 0.05) is 32.2 Å². The lowest BCUT2D eigenvalue weighted by Crippen LogP contribution is -2.44. The summed E-state index contributed by atoms with van der Waals surface area (Å²) in [6.07, 6.45) is 5.15. The summed E-state index contributed by atoms with van der Waals surface area (Å²) in [6.45, 7) is 8.31. The van der Waals surface area contributed by atoms with Gasteiger partial charge in [0.15, 0.2) is 0 Å². The molecule has 1 aliphatic carbocycles. The lowest BCUT2D eigenvalue weighted by atomic mass is 9.79. The molecule has 112 valence electrons. The van der Waals surface area contributed by atoms with Crippen LogP contribution in [0.3, 0.4) is 0 Å². The first-order valence-electron chi connectivity index (χ1n) is 7.77. The molecule has 0 heterocycles. The fourth-order valence-corrected chi connectivity index (χ4v) is 2.96. The van der Waals surface area contributed by atoms with Crippen LogP contribution in [0, 0.1) is 5.92 Å². The van der Waals surface area contributed by atoms with E-state index in [9.17, 15) is 4.79 Å². The van der Waals surface area contributed by atoms with Crippen LogP contribution in [0.1, 0.15) is 52.9 Å². The average Bonchev–Trinajstić information content (AvgIpc) is 2.36. The molecule has 1 rings (SSSR count). The van der Waals surface area contributed by atoms with Gasteiger partial charge in [0.25, 0.3) is 0 Å². The Balaban J connectivity index is 2.40. The van der Waals surface area contributed by atoms with Gasteiger partial charge in [-0.1, -0.05) is 13.8 Å². The first kappa shape index (κ1) is 16.4. The van der Waals surface area contributed by atoms with Crippen LogP contribution in [-0.2, 0) is 9.53 Å². The molecular formula is C15H30N2O2. The smallest absolute Gasteiger partial charge is 0.223 e. The summed E-state index contributed by atoms with van der Waals surface area (Å²) < 4.78 is 5.54. The second kappa shape index (κ2) is 8.54. The van der Waals surface area contributed by atoms with Crippen molar-refractivity contribution >= 4 is 5.91 Å². The fourth-order valence-electron chi connectivity index (χ4n) is 2.96. The summed E-state index contributed by atoms with van der Waals surface area (Å²) in [7, 11) is 0. The standard InChI is InChI=1S/C15H30N2O2/c1-4-13(5-2)17(8-7-16)15(18)11-12-9-14(10-12)19-6-3/h12-14H,4-11,16H2,1-3H3. The molecule has 0 atom stereocenters. The molecule has 0 aromatic carbocycles. The topological polar surface area (TPSA) is 55.6 Å². The van der Waals surface area contributed by atoms with E-state index in [2.05, 4.69) is 13.8 Å². The van der Waals surface area contributed by atoms with Crippen molar-refractivity contribution in [2.45, 2.75) is 65.0 Å². The van der Waals surface area contributed by atoms with E-state index in [0.29, 0.717) is 37.6 Å². The van der Waals surface area contributed by atoms with Crippen LogP contribution in [0.4, 0.5) is 0 Å². The van der Waals surface area contributed by atoms with E-state index in [1.54, 1.807) is 0 Å². The molecule has 19 heavy (non-hydrogen) atoms. The van der Waals surface area contributed by atoms with Crippen LogP contribution < -0.4 is 5.73 Å². The zero-order valence-electron chi connectivity index (χ0n) is 12.7. The average molecular weight is 270 g/mol. The number of carbonyl (C=O) groups is 1. The number of rotatable bonds is 9. The Bertz CT molecular complexity index is 261. The van der Waals surface area contributed by atoms with Crippen molar-refractivity contribution in [3.05, 3.63) is 0 Å². The molecule has 0 aliphatic heterocycles. The van der Waals surface area contributed by atoms with E-state index in [1.807, 2.05) is 11.8 Å². The summed E-state index contributed by atoms with van der Waals surface area (Å²) in [5.41, 5.74) is 5.64. The summed E-state index contributed by atoms with van der Waals surface area (Å²) in [5.74, 6) is 0.790. The third kappa shape index (κ3) is 4.77. The third-order valence-corrected chi connectivity index (χ3v) is 4.13. The van der Waals surface area contributed by atoms with Crippen molar-refractivity contribution < 1.29 is 9.53 Å². The highest BCUT2D eigenvalue weighted by Crippen LogP contribution is 2.33. The van der Waals surface area contributed by atoms with Crippen molar-refractivity contribution in [3.8, 4) is 0 Å². The van der Waals surface area contributed by atoms with E-state index >= 15 is 0 Å². The Hall–Kier alpha value is -0.610. The molecule has 0 bridgehead atoms. The maximum atomic E-state index is 12.4. The zero-order chi connectivity index (χ0) is 14.3. The first-order valence-corrected chi connectivity index (χ1v) is 7.77. The molecule has 1 aliphatic rings. The SMILES string of the molecule is CCOC1CC(CC(=O)N(CCN)C(CC)CC)C1. The Kier molecular flexibility index (Phi) is 7.39. The van der Waals surface area contributed by atoms with Gasteiger partial charge in [-0.3, -0.25) is 4.79 Å². The van der Waals surface area contributed by atoms with Gasteiger partial charge in [-0.2, -0.15) is 0 Å². The van der Waals surface area contributed by atoms with E-state index < -0.39 is 0 Å². The molecule has 0 spiro atoms. The second-order valence-corrected chi connectivity index (χ2v) is 5.47. The largest absolute Gasteiger partial charge is 0.378 e. The molecule has 1 amide bonds. The molecule has 2 N–H and O–H groups in total. The lowest BCUT2D eigenvalue weighted by Gasteiger charge is -2.37. The van der Waals surface area contributed by atoms with E-state index in [4.69, 9.17) is 10.5 Å². The summed E-state index contributed by atoms with van der Waals surface area (Å²) in [6, 6.07) is 0.346. The molecule has 4 nitrogen and oxygen atoms in total. The minimum Gasteiger partial charge on any atom is -0.378 e. The van der Waals surface area contributed by atoms with Gasteiger partial charge >= 0.3 is 0 Å². The Morgan fingerprint density at radius 1 is 1.32 bits per heavy atom. The highest BCUT2D eigenvalue weighted by atomic mass is 16.5. The van der Waals surface area contributed by atoms with Gasteiger partial charge in [-0.05, 0) is 38.5 Å². The number of nitrogens with zero attached hydrogens (tertiary/aromatic N) is 1. The van der Waals surface area contributed by atoms with Gasteiger partial charge in [0.05, 0.1) is 6.10 Å². The van der Waals surface area contributed by atoms with Crippen molar-refractivity contribution in [1.82, 2.24) is 4.90 Å². The van der Waals surface area contributed by atoms with Crippen LogP contribution >= 0.6 is 0 Å². The Labute approximate surface area is 117 Å². The predicted octanol–water partition coefficient (Wildman–Crippen LogP) is 2.17. The second-order valence-electron chi connectivity index (χ2n) is 5.47. The van der Waals surface area contributed by atoms with Gasteiger partial charge in [0.1, 0.15) is 0 Å². The molecule has 1 fully saturated rings. The first-order chi connectivity index (χ1) is 9.15. The van der Waals surface area contributed by atoms with Crippen LogP contribution in [0.2, 0.25) is 0 Å². The molecule has 0 unspecified atom stereocenters. The Morgan fingerprint density at radius 3 is 2.42 bits per heavy atom. The molecule has 0 radical (unpaired) electrons. The van der Waals surface area contributed by atoms with Crippen LogP contribution in [0.15, 0.2) is 0 Å². The molecule has 1 saturated carbocycles. The van der Waals surface area contributed by atoms with Gasteiger partial charge in [0.2, 0.25) is 5.91 Å². The number of nitrogens with two attached hydrogens (primary N) is 1. The highest BCUT2D eigenvalue weighted by molar-refractivity contribution is 5.77. The summed E-state index contributed by atoms with van der Waals surface area (Å²) in [4.78, 5) is 14.4. The third-order valence-electron chi connectivity index (χ3n) is 4.13. The van der Waals surface area contributed by atoms with Crippen LogP contribution in [-0.4, -0.2) is 42.6 Å². The number of hydrogen-bond acceptors (Lipinski definition) is 3. The number of hydrogen-bond donors (Lipinski definition) is 1. The fraction of sp³-hybridized carbons (Fsp3) is 0.933. The zero-order valence-corrected chi connectivity index (χ0v) is 12.7. The minimum absolute atomic E-state index is 0.277. The van der Waals surface area contributed by atoms with Gasteiger partial charge in [-0.25, -0.2) is 0 Å². The van der Waals surface area contributed by atoms with Crippen LogP contribution in [0.25, 0.3) is 0 Å². The van der Waals surface area contributed by atoms with Crippen molar-refractivity contribution in [2.24, 2.45) is 11.7 Å². The van der Waals surface area contributed by atoms with Crippen molar-refractivity contribution in [1.29, 1.82) is 0 Å². The van der Waals surface area contributed by atoms with Crippen molar-refractivity contribution in [2.75, 3.05) is 19.7 Å². The van der Waals surface area contributed by atoms with E-state index in [0.717, 1.165) is 32.3 Å². The van der Waals surface area contributed by atoms with Gasteiger partial charge < -0.3 is 15.4 Å². The minimum atomic E-state index is 0.277. The lowest BCUT2D eigenvalue weighted by molar-refractivity contribution is -0.136. The quantitative estimate of drug-likeness (QED) is 0.698. The maximum Gasteiger partial charge on any atom is 0.223 e. The monoisotopic (exact) mass is 270 g/mol. The van der Waals surface area contributed by atoms with Crippen molar-refractivity contribution in [3.63, 3.8) is 0 Å². The molecule has 0 saturated heterocycles. The normalized spacial score (nSPS) is 22.4. The molecular weight excluding hydrogens is 240 g/mol. The summed E-state index contributed by atoms with van der Waals surface area (Å²) >= 11 is 0. The van der Waals surface area contributed by atoms with Gasteiger partial charge in [-0.15, -0.1) is 0 Å². The number of ether oxygens (including phenoxy) is 1.